The molecule has 1 amide bonds. The number of carboxylic acid groups (broad SMARTS) is 1. The molecule has 0 aromatic rings. The van der Waals surface area contributed by atoms with Crippen LogP contribution in [0.15, 0.2) is 0 Å². The van der Waals surface area contributed by atoms with E-state index in [0.29, 0.717) is 6.42 Å². The second-order valence-corrected chi connectivity index (χ2v) is 7.20. The molecule has 2 aliphatic rings. The van der Waals surface area contributed by atoms with Crippen molar-refractivity contribution in [2.24, 2.45) is 17.3 Å². The minimum Gasteiger partial charge on any atom is -0.481 e. The number of piperidine rings is 1. The van der Waals surface area contributed by atoms with Crippen LogP contribution in [0.5, 0.6) is 0 Å². The Kier molecular flexibility index (Phi) is 4.91. The highest BCUT2D eigenvalue weighted by Crippen LogP contribution is 2.45. The molecular weight excluding hydrogens is 268 g/mol. The normalized spacial score (nSPS) is 36.0. The van der Waals surface area contributed by atoms with Crippen LogP contribution in [0.1, 0.15) is 52.9 Å². The average molecular weight is 296 g/mol. The summed E-state index contributed by atoms with van der Waals surface area (Å²) in [6, 6.07) is -0.00177. The van der Waals surface area contributed by atoms with E-state index in [1.807, 2.05) is 13.8 Å². The topological polar surface area (TPSA) is 78.4 Å². The Morgan fingerprint density at radius 2 is 1.90 bits per heavy atom. The molecule has 0 spiro atoms. The molecule has 0 bridgehead atoms. The van der Waals surface area contributed by atoms with Gasteiger partial charge in [0.1, 0.15) is 0 Å². The highest BCUT2D eigenvalue weighted by Gasteiger charge is 2.46. The first-order valence-corrected chi connectivity index (χ1v) is 8.10. The summed E-state index contributed by atoms with van der Waals surface area (Å²) < 4.78 is 0. The summed E-state index contributed by atoms with van der Waals surface area (Å²) in [7, 11) is 0. The molecule has 0 radical (unpaired) electrons. The number of hydrogen-bond donors (Lipinski definition) is 3. The zero-order valence-corrected chi connectivity index (χ0v) is 13.3. The van der Waals surface area contributed by atoms with Crippen LogP contribution >= 0.6 is 0 Å². The summed E-state index contributed by atoms with van der Waals surface area (Å²) in [5.41, 5.74) is -0.304. The zero-order valence-electron chi connectivity index (χ0n) is 13.3. The highest BCUT2D eigenvalue weighted by molar-refractivity contribution is 5.82. The Morgan fingerprint density at radius 1 is 1.19 bits per heavy atom. The van der Waals surface area contributed by atoms with Gasteiger partial charge in [-0.25, -0.2) is 0 Å². The van der Waals surface area contributed by atoms with Crippen molar-refractivity contribution >= 4 is 11.9 Å². The Bertz CT molecular complexity index is 402. The summed E-state index contributed by atoms with van der Waals surface area (Å²) >= 11 is 0. The van der Waals surface area contributed by atoms with E-state index in [1.165, 1.54) is 0 Å². The molecule has 5 nitrogen and oxygen atoms in total. The number of carbonyl (C=O) groups is 2. The van der Waals surface area contributed by atoms with Gasteiger partial charge in [-0.1, -0.05) is 27.2 Å². The zero-order chi connectivity index (χ0) is 15.6. The maximum Gasteiger partial charge on any atom is 0.307 e. The van der Waals surface area contributed by atoms with Gasteiger partial charge in [0, 0.05) is 6.04 Å². The summed E-state index contributed by atoms with van der Waals surface area (Å²) in [5, 5.41) is 15.8. The van der Waals surface area contributed by atoms with E-state index in [9.17, 15) is 14.7 Å². The molecule has 0 aromatic carbocycles. The fourth-order valence-corrected chi connectivity index (χ4v) is 3.80. The third-order valence-electron chi connectivity index (χ3n) is 5.69. The molecule has 3 N–H and O–H groups in total. The van der Waals surface area contributed by atoms with E-state index in [2.05, 4.69) is 17.6 Å². The molecule has 5 heteroatoms. The lowest BCUT2D eigenvalue weighted by atomic mass is 9.61. The van der Waals surface area contributed by atoms with Crippen LogP contribution in [0, 0.1) is 17.3 Å². The number of amides is 1. The molecule has 3 unspecified atom stereocenters. The maximum atomic E-state index is 12.3. The van der Waals surface area contributed by atoms with Gasteiger partial charge in [-0.3, -0.25) is 9.59 Å². The van der Waals surface area contributed by atoms with Crippen molar-refractivity contribution in [3.63, 3.8) is 0 Å². The monoisotopic (exact) mass is 296 g/mol. The number of carboxylic acids is 1. The van der Waals surface area contributed by atoms with Crippen LogP contribution < -0.4 is 10.6 Å². The summed E-state index contributed by atoms with van der Waals surface area (Å²) in [5.74, 6) is -0.810. The third kappa shape index (κ3) is 3.39. The second kappa shape index (κ2) is 6.34. The molecule has 2 fully saturated rings. The first-order valence-electron chi connectivity index (χ1n) is 8.10. The summed E-state index contributed by atoms with van der Waals surface area (Å²) in [4.78, 5) is 23.7. The van der Waals surface area contributed by atoms with Gasteiger partial charge in [-0.05, 0) is 43.6 Å². The lowest BCUT2D eigenvalue weighted by Gasteiger charge is -2.46. The minimum atomic E-state index is -0.717. The molecule has 4 atom stereocenters. The van der Waals surface area contributed by atoms with Gasteiger partial charge in [-0.15, -0.1) is 0 Å². The van der Waals surface area contributed by atoms with Crippen molar-refractivity contribution in [1.29, 1.82) is 0 Å². The first-order chi connectivity index (χ1) is 9.84. The lowest BCUT2D eigenvalue weighted by Crippen LogP contribution is -2.56. The van der Waals surface area contributed by atoms with Crippen molar-refractivity contribution in [2.75, 3.05) is 6.54 Å². The Labute approximate surface area is 126 Å². The van der Waals surface area contributed by atoms with Gasteiger partial charge in [0.2, 0.25) is 5.91 Å². The smallest absolute Gasteiger partial charge is 0.307 e. The predicted octanol–water partition coefficient (Wildman–Crippen LogP) is 1.77. The highest BCUT2D eigenvalue weighted by atomic mass is 16.4. The van der Waals surface area contributed by atoms with Crippen molar-refractivity contribution in [3.8, 4) is 0 Å². The van der Waals surface area contributed by atoms with Crippen LogP contribution in [-0.2, 0) is 9.59 Å². The van der Waals surface area contributed by atoms with Gasteiger partial charge in [0.05, 0.1) is 12.0 Å². The van der Waals surface area contributed by atoms with Gasteiger partial charge in [-0.2, -0.15) is 0 Å². The Balaban J connectivity index is 1.98. The van der Waals surface area contributed by atoms with Crippen molar-refractivity contribution in [2.45, 2.75) is 65.0 Å². The van der Waals surface area contributed by atoms with Crippen LogP contribution in [-0.4, -0.2) is 35.6 Å². The molecule has 1 aliphatic carbocycles. The van der Waals surface area contributed by atoms with E-state index in [0.717, 1.165) is 32.2 Å². The SMILES string of the molecule is CC1C(NC(=O)[C@@H]2CCCCN2)CCC(C(=O)O)C1(C)C. The van der Waals surface area contributed by atoms with Crippen LogP contribution in [0.3, 0.4) is 0 Å². The molecular formula is C16H28N2O3. The molecule has 1 heterocycles. The van der Waals surface area contributed by atoms with Crippen LogP contribution in [0.25, 0.3) is 0 Å². The Hall–Kier alpha value is -1.10. The quantitative estimate of drug-likeness (QED) is 0.741. The van der Waals surface area contributed by atoms with Crippen molar-refractivity contribution in [3.05, 3.63) is 0 Å². The number of rotatable bonds is 3. The van der Waals surface area contributed by atoms with Crippen molar-refractivity contribution < 1.29 is 14.7 Å². The molecule has 1 saturated heterocycles. The fraction of sp³-hybridized carbons (Fsp3) is 0.875. The Morgan fingerprint density at radius 3 is 2.48 bits per heavy atom. The standard InChI is InChI=1S/C16H28N2O3/c1-10-12(8-7-11(15(20)21)16(10,2)3)18-14(19)13-6-4-5-9-17-13/h10-13,17H,4-9H2,1-3H3,(H,18,19)(H,20,21)/t10?,11?,12?,13-/m0/s1. The molecule has 1 aliphatic heterocycles. The summed E-state index contributed by atoms with van der Waals surface area (Å²) in [6.07, 6.45) is 4.51. The molecule has 120 valence electrons. The number of aliphatic carboxylic acids is 1. The number of nitrogens with one attached hydrogen (secondary N) is 2. The fourth-order valence-electron chi connectivity index (χ4n) is 3.80. The predicted molar refractivity (Wildman–Crippen MR) is 80.9 cm³/mol. The van der Waals surface area contributed by atoms with E-state index in [1.54, 1.807) is 0 Å². The van der Waals surface area contributed by atoms with Crippen molar-refractivity contribution in [1.82, 2.24) is 10.6 Å². The minimum absolute atomic E-state index is 0.0758. The largest absolute Gasteiger partial charge is 0.481 e. The first kappa shape index (κ1) is 16.3. The molecule has 0 aromatic heterocycles. The second-order valence-electron chi connectivity index (χ2n) is 7.20. The molecule has 2 rings (SSSR count). The van der Waals surface area contributed by atoms with E-state index < -0.39 is 5.97 Å². The summed E-state index contributed by atoms with van der Waals surface area (Å²) in [6.45, 7) is 6.99. The van der Waals surface area contributed by atoms with Crippen LogP contribution in [0.2, 0.25) is 0 Å². The average Bonchev–Trinajstić information content (AvgIpc) is 2.44. The maximum absolute atomic E-state index is 12.3. The molecule has 1 saturated carbocycles. The van der Waals surface area contributed by atoms with E-state index >= 15 is 0 Å². The lowest BCUT2D eigenvalue weighted by molar-refractivity contribution is -0.150. The van der Waals surface area contributed by atoms with E-state index in [4.69, 9.17) is 0 Å². The van der Waals surface area contributed by atoms with E-state index in [-0.39, 0.29) is 35.2 Å². The van der Waals surface area contributed by atoms with Crippen LogP contribution in [0.4, 0.5) is 0 Å². The van der Waals surface area contributed by atoms with Gasteiger partial charge < -0.3 is 15.7 Å². The van der Waals surface area contributed by atoms with Gasteiger partial charge in [0.25, 0.3) is 0 Å². The number of hydrogen-bond acceptors (Lipinski definition) is 3. The third-order valence-corrected chi connectivity index (χ3v) is 5.69. The molecule has 21 heavy (non-hydrogen) atoms. The van der Waals surface area contributed by atoms with Gasteiger partial charge in [0.15, 0.2) is 0 Å². The number of carbonyl (C=O) groups excluding carboxylic acids is 1. The van der Waals surface area contributed by atoms with Gasteiger partial charge >= 0.3 is 5.97 Å².